The Kier molecular flexibility index (Phi) is 30.6. The number of unbranched alkanes of at least 4 members (excludes halogenated alkanes) is 18. The fraction of sp³-hybridized carbons (Fsp3) is 0.933. The van der Waals surface area contributed by atoms with Crippen molar-refractivity contribution in [2.75, 3.05) is 36.2 Å². The summed E-state index contributed by atoms with van der Waals surface area (Å²) in [6.45, 7) is 4.84. The van der Waals surface area contributed by atoms with Crippen LogP contribution >= 0.6 is 23.5 Å². The second-order valence-electron chi connectivity index (χ2n) is 9.91. The zero-order valence-corrected chi connectivity index (χ0v) is 25.5. The number of esters is 2. The lowest BCUT2D eigenvalue weighted by Gasteiger charge is -2.07. The maximum absolute atomic E-state index is 11.8. The maximum atomic E-state index is 11.8. The third kappa shape index (κ3) is 29.9. The van der Waals surface area contributed by atoms with Gasteiger partial charge in [0, 0.05) is 0 Å². The second-order valence-corrected chi connectivity index (χ2v) is 12.1. The molecule has 0 rings (SSSR count). The minimum Gasteiger partial charge on any atom is -0.461 e. The topological polar surface area (TPSA) is 52.6 Å². The van der Waals surface area contributed by atoms with Crippen molar-refractivity contribution < 1.29 is 19.1 Å². The van der Waals surface area contributed by atoms with Crippen LogP contribution in [0.4, 0.5) is 0 Å². The molecule has 0 aromatic carbocycles. The summed E-state index contributed by atoms with van der Waals surface area (Å²) < 4.78 is 10.3. The van der Waals surface area contributed by atoms with Gasteiger partial charge in [-0.2, -0.15) is 23.5 Å². The Morgan fingerprint density at radius 2 is 0.722 bits per heavy atom. The molecule has 0 bridgehead atoms. The van der Waals surface area contributed by atoms with Gasteiger partial charge in [0.1, 0.15) is 13.2 Å². The highest BCUT2D eigenvalue weighted by Gasteiger charge is 2.06. The van der Waals surface area contributed by atoms with Gasteiger partial charge in [0.15, 0.2) is 0 Å². The number of thioether (sulfide) groups is 2. The van der Waals surface area contributed by atoms with Gasteiger partial charge in [0.2, 0.25) is 0 Å². The van der Waals surface area contributed by atoms with Crippen molar-refractivity contribution in [1.82, 2.24) is 0 Å². The van der Waals surface area contributed by atoms with E-state index < -0.39 is 0 Å². The standard InChI is InChI=1S/C30H58O4S2/c1-3-5-7-9-11-13-15-17-19-21-25-35-27-29(31)33-23-24-34-30(32)28-36-26-22-20-18-16-14-12-10-8-6-4-2/h3-28H2,1-2H3. The fourth-order valence-electron chi connectivity index (χ4n) is 4.09. The number of ether oxygens (including phenoxy) is 2. The van der Waals surface area contributed by atoms with Crippen molar-refractivity contribution in [3.8, 4) is 0 Å². The molecule has 0 heterocycles. The summed E-state index contributed by atoms with van der Waals surface area (Å²) in [6, 6.07) is 0. The zero-order valence-electron chi connectivity index (χ0n) is 23.8. The van der Waals surface area contributed by atoms with Gasteiger partial charge in [-0.1, -0.05) is 129 Å². The molecule has 6 heteroatoms. The van der Waals surface area contributed by atoms with Gasteiger partial charge in [-0.15, -0.1) is 0 Å². The number of rotatable bonds is 29. The minimum absolute atomic E-state index is 0.159. The minimum atomic E-state index is -0.210. The third-order valence-electron chi connectivity index (χ3n) is 6.33. The van der Waals surface area contributed by atoms with E-state index in [4.69, 9.17) is 9.47 Å². The first kappa shape index (κ1) is 35.6. The molecule has 0 aliphatic carbocycles. The van der Waals surface area contributed by atoms with Gasteiger partial charge in [-0.05, 0) is 24.3 Å². The molecule has 0 atom stereocenters. The lowest BCUT2D eigenvalue weighted by Crippen LogP contribution is -2.16. The third-order valence-corrected chi connectivity index (χ3v) is 8.37. The molecule has 0 fully saturated rings. The predicted molar refractivity (Wildman–Crippen MR) is 160 cm³/mol. The van der Waals surface area contributed by atoms with Crippen LogP contribution in [0.1, 0.15) is 142 Å². The van der Waals surface area contributed by atoms with Crippen molar-refractivity contribution in [3.05, 3.63) is 0 Å². The predicted octanol–water partition coefficient (Wildman–Crippen LogP) is 9.38. The molecule has 36 heavy (non-hydrogen) atoms. The van der Waals surface area contributed by atoms with Crippen molar-refractivity contribution in [2.45, 2.75) is 142 Å². The molecular weight excluding hydrogens is 488 g/mol. The Morgan fingerprint density at radius 3 is 1.03 bits per heavy atom. The normalized spacial score (nSPS) is 11.1. The van der Waals surface area contributed by atoms with E-state index in [-0.39, 0.29) is 25.2 Å². The van der Waals surface area contributed by atoms with E-state index in [9.17, 15) is 9.59 Å². The number of hydrogen-bond donors (Lipinski definition) is 0. The molecule has 0 aromatic heterocycles. The quantitative estimate of drug-likeness (QED) is 0.0688. The lowest BCUT2D eigenvalue weighted by atomic mass is 10.1. The number of carbonyl (C=O) groups excluding carboxylic acids is 2. The van der Waals surface area contributed by atoms with Gasteiger partial charge in [-0.25, -0.2) is 0 Å². The molecule has 4 nitrogen and oxygen atoms in total. The highest BCUT2D eigenvalue weighted by molar-refractivity contribution is 8.00. The Morgan fingerprint density at radius 1 is 0.444 bits per heavy atom. The van der Waals surface area contributed by atoms with Crippen LogP contribution in [0, 0.1) is 0 Å². The van der Waals surface area contributed by atoms with E-state index in [2.05, 4.69) is 13.8 Å². The van der Waals surface area contributed by atoms with Crippen molar-refractivity contribution in [2.24, 2.45) is 0 Å². The molecule has 0 aromatic rings. The van der Waals surface area contributed by atoms with E-state index in [0.717, 1.165) is 11.5 Å². The van der Waals surface area contributed by atoms with E-state index in [0.29, 0.717) is 11.5 Å². The Hall–Kier alpha value is -0.360. The summed E-state index contributed by atoms with van der Waals surface area (Å²) in [5, 5.41) is 0. The lowest BCUT2D eigenvalue weighted by molar-refractivity contribution is -0.148. The molecular formula is C30H58O4S2. The van der Waals surface area contributed by atoms with Gasteiger partial charge < -0.3 is 9.47 Å². The van der Waals surface area contributed by atoms with Gasteiger partial charge >= 0.3 is 11.9 Å². The van der Waals surface area contributed by atoms with E-state index in [1.54, 1.807) is 23.5 Å². The van der Waals surface area contributed by atoms with Crippen LogP contribution in [0.25, 0.3) is 0 Å². The van der Waals surface area contributed by atoms with Crippen LogP contribution in [-0.2, 0) is 19.1 Å². The maximum Gasteiger partial charge on any atom is 0.316 e. The molecule has 0 aliphatic heterocycles. The van der Waals surface area contributed by atoms with Crippen LogP contribution in [0.15, 0.2) is 0 Å². The number of hydrogen-bond acceptors (Lipinski definition) is 6. The summed E-state index contributed by atoms with van der Waals surface area (Å²) in [5.74, 6) is 2.38. The largest absolute Gasteiger partial charge is 0.461 e. The van der Waals surface area contributed by atoms with Crippen LogP contribution in [-0.4, -0.2) is 48.2 Å². The van der Waals surface area contributed by atoms with Crippen LogP contribution in [0.2, 0.25) is 0 Å². The van der Waals surface area contributed by atoms with Crippen molar-refractivity contribution in [3.63, 3.8) is 0 Å². The molecule has 0 saturated heterocycles. The van der Waals surface area contributed by atoms with Crippen molar-refractivity contribution >= 4 is 35.5 Å². The Bertz CT molecular complexity index is 432. The van der Waals surface area contributed by atoms with Gasteiger partial charge in [0.25, 0.3) is 0 Å². The van der Waals surface area contributed by atoms with Crippen molar-refractivity contribution in [1.29, 1.82) is 0 Å². The fourth-order valence-corrected chi connectivity index (χ4v) is 5.69. The first-order valence-corrected chi connectivity index (χ1v) is 17.5. The SMILES string of the molecule is CCCCCCCCCCCCSCC(=O)OCCOC(=O)CSCCCCCCCCCCCC. The zero-order chi connectivity index (χ0) is 26.4. The average molecular weight is 547 g/mol. The summed E-state index contributed by atoms with van der Waals surface area (Å²) in [4.78, 5) is 23.6. The monoisotopic (exact) mass is 546 g/mol. The van der Waals surface area contributed by atoms with Crippen LogP contribution < -0.4 is 0 Å². The molecule has 0 N–H and O–H groups in total. The molecule has 0 aliphatic rings. The smallest absolute Gasteiger partial charge is 0.316 e. The van der Waals surface area contributed by atoms with Crippen LogP contribution in [0.5, 0.6) is 0 Å². The summed E-state index contributed by atoms with van der Waals surface area (Å²) >= 11 is 3.29. The van der Waals surface area contributed by atoms with E-state index >= 15 is 0 Å². The summed E-state index contributed by atoms with van der Waals surface area (Å²) in [7, 11) is 0. The highest BCUT2D eigenvalue weighted by atomic mass is 32.2. The van der Waals surface area contributed by atoms with E-state index in [1.165, 1.54) is 128 Å². The molecule has 0 unspecified atom stereocenters. The molecule has 0 saturated carbocycles. The van der Waals surface area contributed by atoms with Gasteiger partial charge in [0.05, 0.1) is 11.5 Å². The Labute approximate surface area is 232 Å². The molecule has 214 valence electrons. The average Bonchev–Trinajstić information content (AvgIpc) is 2.88. The summed E-state index contributed by atoms with van der Waals surface area (Å²) in [5.41, 5.74) is 0. The number of carbonyl (C=O) groups is 2. The first-order valence-electron chi connectivity index (χ1n) is 15.2. The second kappa shape index (κ2) is 30.9. The summed E-state index contributed by atoms with van der Waals surface area (Å²) in [6.07, 6.45) is 26.6. The molecule has 0 spiro atoms. The van der Waals surface area contributed by atoms with Crippen LogP contribution in [0.3, 0.4) is 0 Å². The van der Waals surface area contributed by atoms with Gasteiger partial charge in [-0.3, -0.25) is 9.59 Å². The van der Waals surface area contributed by atoms with E-state index in [1.807, 2.05) is 0 Å². The first-order chi connectivity index (χ1) is 17.7. The molecule has 0 amide bonds. The highest BCUT2D eigenvalue weighted by Crippen LogP contribution is 2.14. The molecule has 0 radical (unpaired) electrons. The Balaban J connectivity index is 3.27.